The van der Waals surface area contributed by atoms with Crippen molar-refractivity contribution in [3.8, 4) is 0 Å². The molecular formula is C22H33N10O20P4S+. The molecule has 0 aliphatic carbocycles. The molecule has 2 aliphatic heterocycles. The number of aryl methyl sites for hydroxylation is 1. The first-order valence-corrected chi connectivity index (χ1v) is 22.6. The molecule has 35 heteroatoms. The molecule has 4 aromatic heterocycles. The fourth-order valence-corrected chi connectivity index (χ4v) is 11.7. The molecule has 57 heavy (non-hydrogen) atoms. The van der Waals surface area contributed by atoms with Crippen LogP contribution in [0.5, 0.6) is 0 Å². The molecule has 0 bridgehead atoms. The van der Waals surface area contributed by atoms with E-state index in [0.29, 0.717) is 0 Å². The van der Waals surface area contributed by atoms with Crippen LogP contribution in [0.15, 0.2) is 22.2 Å². The minimum Gasteiger partial charge on any atom is -0.387 e. The van der Waals surface area contributed by atoms with Gasteiger partial charge in [0.25, 0.3) is 17.1 Å². The fraction of sp³-hybridized carbons (Fsp3) is 0.545. The SMILES string of the molecule is CO[C@@H]1[C@H](O)[C@@H](COP(O)(=S)OP(=O)(O)OP(=O)(O)OP(=O)(O)OC[C@H]2O[C@@H](n3cnc4c(=O)[nH]c(N)nc43)[C@H](O)[C@@H]2O)O[C@H]1[n+]1cn(C)c2c(=O)[nH]c(N)nc21. The molecule has 13 N–H and O–H groups in total. The summed E-state index contributed by atoms with van der Waals surface area (Å²) in [4.78, 5) is 81.4. The van der Waals surface area contributed by atoms with E-state index >= 15 is 0 Å². The number of nitrogens with zero attached hydrogens (tertiary/aromatic N) is 6. The highest BCUT2D eigenvalue weighted by Crippen LogP contribution is 2.71. The first-order valence-electron chi connectivity index (χ1n) is 15.5. The standard InChI is InChI=1S/C22H32N10O20P4S/c1-30-6-32(16-10(30)18(37)29-22(24)27-16)20-14(45-2)12(34)8(49-20)4-47-56(44,57)52-55(42,43)51-54(40,41)50-53(38,39)46-3-7-11(33)13(35)19(48-7)31-5-25-9-15(31)26-21(23)28-17(9)36/h5-8,11-14,19-20,33-35H,3-4H2,1-2H3,(H9-,23,24,26,27,28,29,36,37,38,39,40,41,42,43,44,57)/p+1/t7-,8-,11-,12-,13-,14-,19-,20-,56?/m1/s1. The Hall–Kier alpha value is -2.96. The molecule has 2 fully saturated rings. The molecule has 2 saturated heterocycles. The third kappa shape index (κ3) is 9.28. The van der Waals surface area contributed by atoms with Crippen molar-refractivity contribution in [2.75, 3.05) is 31.8 Å². The number of aliphatic hydroxyl groups excluding tert-OH is 3. The first-order chi connectivity index (χ1) is 26.4. The van der Waals surface area contributed by atoms with Gasteiger partial charge in [-0.2, -0.15) is 13.6 Å². The molecule has 2 aliphatic rings. The topological polar surface area (TPSA) is 437 Å². The van der Waals surface area contributed by atoms with Crippen molar-refractivity contribution < 1.29 is 89.3 Å². The molecule has 316 valence electrons. The maximum Gasteiger partial charge on any atom is 0.490 e. The Kier molecular flexibility index (Phi) is 12.2. The third-order valence-corrected chi connectivity index (χ3v) is 15.0. The summed E-state index contributed by atoms with van der Waals surface area (Å²) in [6.07, 6.45) is -9.75. The van der Waals surface area contributed by atoms with Gasteiger partial charge in [-0.3, -0.25) is 33.2 Å². The molecule has 4 aromatic rings. The van der Waals surface area contributed by atoms with E-state index in [1.165, 1.54) is 29.6 Å². The number of ether oxygens (including phenoxy) is 3. The molecule has 6 heterocycles. The monoisotopic (exact) mass is 913 g/mol. The molecule has 0 radical (unpaired) electrons. The number of nitrogens with one attached hydrogen (secondary N) is 2. The van der Waals surface area contributed by atoms with Crippen molar-refractivity contribution >= 4 is 76.2 Å². The number of hydrogen-bond donors (Lipinski definition) is 11. The summed E-state index contributed by atoms with van der Waals surface area (Å²) >= 11 is 4.68. The lowest BCUT2D eigenvalue weighted by Gasteiger charge is -2.23. The predicted octanol–water partition coefficient (Wildman–Crippen LogP) is -3.66. The molecule has 4 unspecified atom stereocenters. The Morgan fingerprint density at radius 1 is 0.877 bits per heavy atom. The first kappa shape index (κ1) is 43.6. The number of anilines is 2. The third-order valence-electron chi connectivity index (χ3n) is 8.13. The number of phosphoric ester groups is 1. The number of phosphoric acid groups is 3. The van der Waals surface area contributed by atoms with Gasteiger partial charge in [-0.1, -0.05) is 4.98 Å². The van der Waals surface area contributed by atoms with Crippen LogP contribution in [0.1, 0.15) is 12.5 Å². The minimum absolute atomic E-state index is 0.0298. The largest absolute Gasteiger partial charge is 0.490 e. The van der Waals surface area contributed by atoms with Gasteiger partial charge in [-0.25, -0.2) is 27.6 Å². The van der Waals surface area contributed by atoms with E-state index < -0.39 is 104 Å². The minimum atomic E-state index is -6.14. The highest BCUT2D eigenvalue weighted by atomic mass is 32.5. The van der Waals surface area contributed by atoms with Crippen molar-refractivity contribution in [3.05, 3.63) is 33.4 Å². The van der Waals surface area contributed by atoms with Crippen molar-refractivity contribution in [1.29, 1.82) is 0 Å². The van der Waals surface area contributed by atoms with Gasteiger partial charge in [0.2, 0.25) is 17.7 Å². The Morgan fingerprint density at radius 2 is 1.47 bits per heavy atom. The summed E-state index contributed by atoms with van der Waals surface area (Å²) in [6, 6.07) is 0. The van der Waals surface area contributed by atoms with Crippen molar-refractivity contribution in [2.24, 2.45) is 7.05 Å². The van der Waals surface area contributed by atoms with Crippen LogP contribution in [0.4, 0.5) is 11.9 Å². The van der Waals surface area contributed by atoms with E-state index in [4.69, 9.17) is 30.2 Å². The highest BCUT2D eigenvalue weighted by molar-refractivity contribution is 8.08. The van der Waals surface area contributed by atoms with E-state index in [-0.39, 0.29) is 34.2 Å². The van der Waals surface area contributed by atoms with E-state index in [1.807, 2.05) is 0 Å². The number of H-pyrrole nitrogens is 2. The van der Waals surface area contributed by atoms with E-state index in [9.17, 15) is 58.2 Å². The number of aromatic amines is 2. The lowest BCUT2D eigenvalue weighted by Crippen LogP contribution is -2.47. The van der Waals surface area contributed by atoms with Crippen LogP contribution in [0.3, 0.4) is 0 Å². The number of aromatic nitrogens is 8. The molecule has 30 nitrogen and oxygen atoms in total. The summed E-state index contributed by atoms with van der Waals surface area (Å²) in [7, 11) is -15.2. The number of nitrogen functional groups attached to an aromatic ring is 2. The molecular weight excluding hydrogens is 880 g/mol. The zero-order valence-corrected chi connectivity index (χ0v) is 33.1. The van der Waals surface area contributed by atoms with Crippen LogP contribution in [0.2, 0.25) is 0 Å². The van der Waals surface area contributed by atoms with Gasteiger partial charge in [-0.15, -0.1) is 0 Å². The van der Waals surface area contributed by atoms with Crippen LogP contribution >= 0.6 is 30.2 Å². The lowest BCUT2D eigenvalue weighted by molar-refractivity contribution is -0.746. The van der Waals surface area contributed by atoms with E-state index in [0.717, 1.165) is 10.9 Å². The lowest BCUT2D eigenvalue weighted by atomic mass is 10.1. The second-order valence-corrected chi connectivity index (χ2v) is 19.7. The Labute approximate surface area is 320 Å². The number of hydrogen-bond acceptors (Lipinski definition) is 22. The highest BCUT2D eigenvalue weighted by Gasteiger charge is 2.51. The summed E-state index contributed by atoms with van der Waals surface area (Å²) in [6.45, 7) is -6.97. The molecule has 0 amide bonds. The quantitative estimate of drug-likeness (QED) is 0.0404. The van der Waals surface area contributed by atoms with E-state index in [1.54, 1.807) is 0 Å². The van der Waals surface area contributed by atoms with Crippen LogP contribution in [-0.4, -0.2) is 126 Å². The summed E-state index contributed by atoms with van der Waals surface area (Å²) in [5, 5.41) is 31.9. The van der Waals surface area contributed by atoms with Crippen LogP contribution < -0.4 is 27.2 Å². The van der Waals surface area contributed by atoms with Gasteiger partial charge in [0.15, 0.2) is 23.7 Å². The summed E-state index contributed by atoms with van der Waals surface area (Å²) < 4.78 is 79.8. The molecule has 0 saturated carbocycles. The maximum absolute atomic E-state index is 12.6. The Balaban J connectivity index is 1.04. The fourth-order valence-electron chi connectivity index (χ4n) is 5.82. The molecule has 0 aromatic carbocycles. The van der Waals surface area contributed by atoms with Gasteiger partial charge in [-0.05, 0) is 11.8 Å². The Bertz CT molecular complexity index is 2500. The van der Waals surface area contributed by atoms with Crippen LogP contribution in [0, 0.1) is 0 Å². The predicted molar refractivity (Wildman–Crippen MR) is 186 cm³/mol. The van der Waals surface area contributed by atoms with Crippen molar-refractivity contribution in [3.63, 3.8) is 0 Å². The average Bonchev–Trinajstić information content (AvgIpc) is 3.80. The summed E-state index contributed by atoms with van der Waals surface area (Å²) in [5.74, 6) is -0.558. The molecule has 12 atom stereocenters. The van der Waals surface area contributed by atoms with Gasteiger partial charge < -0.3 is 65.1 Å². The van der Waals surface area contributed by atoms with Crippen molar-refractivity contribution in [2.45, 2.75) is 49.1 Å². The van der Waals surface area contributed by atoms with E-state index in [2.05, 4.69) is 54.2 Å². The number of aliphatic hydroxyl groups is 3. The second kappa shape index (κ2) is 15.9. The molecule has 6 rings (SSSR count). The number of methoxy groups -OCH3 is 1. The number of imidazole rings is 2. The average molecular weight is 914 g/mol. The van der Waals surface area contributed by atoms with Gasteiger partial charge in [0, 0.05) is 7.11 Å². The van der Waals surface area contributed by atoms with Crippen LogP contribution in [-0.2, 0) is 68.7 Å². The maximum atomic E-state index is 12.6. The van der Waals surface area contributed by atoms with Crippen molar-refractivity contribution in [1.82, 2.24) is 34.1 Å². The zero-order chi connectivity index (χ0) is 42.0. The second-order valence-electron chi connectivity index (χ2n) is 12.0. The zero-order valence-electron chi connectivity index (χ0n) is 28.7. The normalized spacial score (nSPS) is 29.6. The number of nitrogens with two attached hydrogens (primary N) is 2. The smallest absolute Gasteiger partial charge is 0.387 e. The Morgan fingerprint density at radius 3 is 2.16 bits per heavy atom. The number of rotatable bonds is 15. The summed E-state index contributed by atoms with van der Waals surface area (Å²) in [5.41, 5.74) is 9.61. The number of fused-ring (bicyclic) bond motifs is 2. The van der Waals surface area contributed by atoms with Crippen LogP contribution in [0.25, 0.3) is 22.3 Å². The van der Waals surface area contributed by atoms with Gasteiger partial charge >= 0.3 is 35.8 Å². The molecule has 0 spiro atoms. The van der Waals surface area contributed by atoms with Gasteiger partial charge in [0.1, 0.15) is 36.6 Å². The van der Waals surface area contributed by atoms with Gasteiger partial charge in [0.05, 0.1) is 26.6 Å².